The Balaban J connectivity index is 1.24. The second kappa shape index (κ2) is 11.7. The first kappa shape index (κ1) is 27.5. The van der Waals surface area contributed by atoms with Gasteiger partial charge in [-0.3, -0.25) is 4.79 Å². The maximum atomic E-state index is 13.7. The predicted molar refractivity (Wildman–Crippen MR) is 163 cm³/mol. The van der Waals surface area contributed by atoms with Gasteiger partial charge < -0.3 is 0 Å². The Bertz CT molecular complexity index is 1660. The SMILES string of the molecule is C=CC(=O)NC1CCC(NC(=O)c2sc3ncc[c]4c3c2N[C](=O)[Sn+]4[c]2ccc(Oc3ccccc3)cc2C)CC1. The van der Waals surface area contributed by atoms with E-state index in [-0.39, 0.29) is 27.8 Å². The Kier molecular flexibility index (Phi) is 7.81. The van der Waals surface area contributed by atoms with Gasteiger partial charge in [0, 0.05) is 0 Å². The molecular weight excluding hydrogens is 643 g/mol. The molecule has 0 saturated heterocycles. The first-order chi connectivity index (χ1) is 19.9. The van der Waals surface area contributed by atoms with Crippen LogP contribution in [0, 0.1) is 6.92 Å². The summed E-state index contributed by atoms with van der Waals surface area (Å²) in [6.07, 6.45) is 6.14. The Morgan fingerprint density at radius 2 is 1.76 bits per heavy atom. The monoisotopic (exact) mass is 673 g/mol. The third kappa shape index (κ3) is 5.60. The summed E-state index contributed by atoms with van der Waals surface area (Å²) in [6, 6.07) is 17.6. The second-order valence-corrected chi connectivity index (χ2v) is 17.8. The molecule has 1 fully saturated rings. The van der Waals surface area contributed by atoms with E-state index in [0.29, 0.717) is 10.6 Å². The fraction of sp³-hybridized carbons (Fsp3) is 0.226. The molecule has 2 aromatic carbocycles. The summed E-state index contributed by atoms with van der Waals surface area (Å²) in [6.45, 7) is 5.52. The Morgan fingerprint density at radius 1 is 1.02 bits per heavy atom. The van der Waals surface area contributed by atoms with Gasteiger partial charge in [-0.2, -0.15) is 0 Å². The van der Waals surface area contributed by atoms with E-state index in [1.54, 1.807) is 6.20 Å². The molecule has 2 aliphatic rings. The maximum absolute atomic E-state index is 13.7. The molecule has 6 rings (SSSR count). The second-order valence-electron chi connectivity index (χ2n) is 10.3. The third-order valence-corrected chi connectivity index (χ3v) is 16.2. The van der Waals surface area contributed by atoms with E-state index in [1.165, 1.54) is 17.4 Å². The molecule has 1 saturated carbocycles. The molecule has 0 radical (unpaired) electrons. The number of hydrogen-bond acceptors (Lipinski definition) is 6. The summed E-state index contributed by atoms with van der Waals surface area (Å²) >= 11 is -1.75. The number of thiophene rings is 1. The van der Waals surface area contributed by atoms with Gasteiger partial charge in [0.25, 0.3) is 0 Å². The van der Waals surface area contributed by atoms with Gasteiger partial charge in [0.15, 0.2) is 0 Å². The molecule has 3 heterocycles. The first-order valence-corrected chi connectivity index (χ1v) is 18.7. The number of anilines is 1. The topological polar surface area (TPSA) is 109 Å². The van der Waals surface area contributed by atoms with Crippen molar-refractivity contribution in [2.45, 2.75) is 44.7 Å². The summed E-state index contributed by atoms with van der Waals surface area (Å²) in [5.41, 5.74) is 1.60. The zero-order chi connectivity index (χ0) is 28.5. The van der Waals surface area contributed by atoms with Crippen LogP contribution in [0.2, 0.25) is 0 Å². The van der Waals surface area contributed by atoms with Gasteiger partial charge in [0.05, 0.1) is 0 Å². The van der Waals surface area contributed by atoms with E-state index in [0.717, 1.165) is 60.1 Å². The number of ether oxygens (including phenoxy) is 1. The average Bonchev–Trinajstić information content (AvgIpc) is 3.35. The standard InChI is InChI=1S/C18H18N4O3S.C13H11O.Sn/c1-2-14(24)21-11-5-7-12(8-6-11)22-17(25)16-15(20-10-23)13-4-3-9-19-18(13)26-16;1-11-6-5-9-13(10-11)14-12-7-3-2-4-8-12;/h2-3,9,11-12H,1,5-8H2,(H,20,23)(H,21,24)(H,22,25);2-5,7-10H,1H3;/q;;+1. The number of nitrogens with one attached hydrogen (secondary N) is 3. The van der Waals surface area contributed by atoms with Gasteiger partial charge in [0.1, 0.15) is 0 Å². The number of benzene rings is 2. The zero-order valence-corrected chi connectivity index (χ0v) is 26.2. The number of carbonyl (C=O) groups excluding carboxylic acids is 3. The normalized spacial score (nSPS) is 18.0. The fourth-order valence-corrected chi connectivity index (χ4v) is 13.9. The number of carbonyl (C=O) groups is 3. The number of hydrogen-bond donors (Lipinski definition) is 3. The molecule has 0 atom stereocenters. The van der Waals surface area contributed by atoms with Crippen molar-refractivity contribution >= 4 is 69.9 Å². The fourth-order valence-electron chi connectivity index (χ4n) is 5.57. The van der Waals surface area contributed by atoms with Crippen molar-refractivity contribution in [1.29, 1.82) is 0 Å². The Hall–Kier alpha value is -3.70. The van der Waals surface area contributed by atoms with Gasteiger partial charge in [-0.25, -0.2) is 0 Å². The number of para-hydroxylation sites is 1. The van der Waals surface area contributed by atoms with Crippen LogP contribution in [-0.2, 0) is 4.79 Å². The van der Waals surface area contributed by atoms with Gasteiger partial charge in [-0.05, 0) is 6.08 Å². The molecule has 0 bridgehead atoms. The van der Waals surface area contributed by atoms with Crippen LogP contribution >= 0.6 is 11.3 Å². The summed E-state index contributed by atoms with van der Waals surface area (Å²) < 4.78 is 8.12. The Labute approximate surface area is 248 Å². The van der Waals surface area contributed by atoms with Crippen LogP contribution in [0.1, 0.15) is 40.9 Å². The van der Waals surface area contributed by atoms with Crippen LogP contribution in [0.25, 0.3) is 10.2 Å². The van der Waals surface area contributed by atoms with Gasteiger partial charge in [-0.15, -0.1) is 0 Å². The zero-order valence-electron chi connectivity index (χ0n) is 22.5. The molecule has 3 amide bonds. The third-order valence-electron chi connectivity index (χ3n) is 7.57. The Morgan fingerprint density at radius 3 is 2.46 bits per heavy atom. The molecule has 206 valence electrons. The molecular formula is C31H29N4O4SSn+. The van der Waals surface area contributed by atoms with E-state index in [4.69, 9.17) is 4.74 Å². The van der Waals surface area contributed by atoms with Gasteiger partial charge in [0.2, 0.25) is 0 Å². The molecule has 8 nitrogen and oxygen atoms in total. The van der Waals surface area contributed by atoms with Crippen molar-refractivity contribution in [3.8, 4) is 11.5 Å². The van der Waals surface area contributed by atoms with Crippen molar-refractivity contribution in [2.24, 2.45) is 0 Å². The molecule has 4 aromatic rings. The summed E-state index contributed by atoms with van der Waals surface area (Å²) in [4.78, 5) is 44.6. The first-order valence-electron chi connectivity index (χ1n) is 13.6. The van der Waals surface area contributed by atoms with Crippen LogP contribution < -0.4 is 27.8 Å². The summed E-state index contributed by atoms with van der Waals surface area (Å²) in [7, 11) is 0. The quantitative estimate of drug-likeness (QED) is 0.198. The van der Waals surface area contributed by atoms with Crippen molar-refractivity contribution in [3.63, 3.8) is 0 Å². The molecule has 1 aliphatic heterocycles. The summed E-state index contributed by atoms with van der Waals surface area (Å²) in [5, 5.41) is 10.1. The number of aromatic nitrogens is 1. The van der Waals surface area contributed by atoms with Crippen molar-refractivity contribution in [2.75, 3.05) is 5.32 Å². The van der Waals surface area contributed by atoms with Crippen molar-refractivity contribution < 1.29 is 19.1 Å². The van der Waals surface area contributed by atoms with Gasteiger partial charge in [-0.1, -0.05) is 6.58 Å². The number of aryl methyl sites for hydroxylation is 1. The van der Waals surface area contributed by atoms with Gasteiger partial charge >= 0.3 is 233 Å². The molecule has 10 heteroatoms. The minimum absolute atomic E-state index is 0.00816. The van der Waals surface area contributed by atoms with Crippen LogP contribution in [0.15, 0.2) is 73.4 Å². The van der Waals surface area contributed by atoms with E-state index in [9.17, 15) is 14.4 Å². The predicted octanol–water partition coefficient (Wildman–Crippen LogP) is 4.48. The number of pyridine rings is 1. The summed E-state index contributed by atoms with van der Waals surface area (Å²) in [5.74, 6) is 1.12. The molecule has 0 spiro atoms. The van der Waals surface area contributed by atoms with Crippen LogP contribution in [0.4, 0.5) is 10.5 Å². The number of rotatable bonds is 7. The van der Waals surface area contributed by atoms with E-state index in [2.05, 4.69) is 27.5 Å². The van der Waals surface area contributed by atoms with E-state index in [1.807, 2.05) is 61.5 Å². The number of nitrogens with zero attached hydrogens (tertiary/aromatic N) is 1. The van der Waals surface area contributed by atoms with E-state index >= 15 is 0 Å². The van der Waals surface area contributed by atoms with Crippen LogP contribution in [0.5, 0.6) is 11.5 Å². The van der Waals surface area contributed by atoms with Crippen LogP contribution in [-0.4, -0.2) is 52.6 Å². The molecule has 0 unspecified atom stereocenters. The number of amides is 3. The molecule has 3 N–H and O–H groups in total. The molecule has 1 aliphatic carbocycles. The van der Waals surface area contributed by atoms with Crippen molar-refractivity contribution in [3.05, 3.63) is 83.9 Å². The van der Waals surface area contributed by atoms with Crippen molar-refractivity contribution in [1.82, 2.24) is 15.6 Å². The average molecular weight is 672 g/mol. The molecule has 2 aromatic heterocycles. The molecule has 41 heavy (non-hydrogen) atoms. The van der Waals surface area contributed by atoms with E-state index < -0.39 is 19.8 Å². The van der Waals surface area contributed by atoms with Crippen LogP contribution in [0.3, 0.4) is 0 Å². The minimum atomic E-state index is -3.08.